The molecule has 4 nitrogen and oxygen atoms in total. The van der Waals surface area contributed by atoms with Crippen LogP contribution in [-0.2, 0) is 11.4 Å². The van der Waals surface area contributed by atoms with E-state index in [2.05, 4.69) is 16.1 Å². The molecule has 64 valence electrons. The third kappa shape index (κ3) is 2.59. The first-order valence-electron chi connectivity index (χ1n) is 3.51. The Hall–Kier alpha value is -1.55. The molecule has 1 rings (SSSR count). The molecule has 12 heavy (non-hydrogen) atoms. The highest BCUT2D eigenvalue weighted by atomic mass is 16.7. The van der Waals surface area contributed by atoms with Crippen LogP contribution < -0.4 is 11.2 Å². The largest absolute Gasteiger partial charge is 0.426 e. The molecule has 0 aliphatic rings. The molecule has 0 atom stereocenters. The maximum atomic E-state index is 10.5. The monoisotopic (exact) mass is 166 g/mol. The third-order valence-corrected chi connectivity index (χ3v) is 1.39. The number of carbonyl (C=O) groups is 1. The van der Waals surface area contributed by atoms with E-state index in [0.29, 0.717) is 6.54 Å². The van der Waals surface area contributed by atoms with Crippen molar-refractivity contribution < 1.29 is 9.63 Å². The van der Waals surface area contributed by atoms with E-state index >= 15 is 0 Å². The van der Waals surface area contributed by atoms with Crippen LogP contribution in [0.4, 0.5) is 4.79 Å². The summed E-state index contributed by atoms with van der Waals surface area (Å²) in [4.78, 5) is 14.4. The summed E-state index contributed by atoms with van der Waals surface area (Å²) in [6.45, 7) is 0.427. The van der Waals surface area contributed by atoms with Crippen molar-refractivity contribution in [2.75, 3.05) is 0 Å². The minimum atomic E-state index is -0.626. The zero-order valence-corrected chi connectivity index (χ0v) is 6.49. The zero-order valence-electron chi connectivity index (χ0n) is 6.49. The van der Waals surface area contributed by atoms with Gasteiger partial charge in [0, 0.05) is 6.54 Å². The number of amides is 1. The number of hydrogen-bond donors (Lipinski definition) is 2. The highest BCUT2D eigenvalue weighted by Gasteiger charge is 1.97. The zero-order chi connectivity index (χ0) is 8.81. The summed E-state index contributed by atoms with van der Waals surface area (Å²) in [7, 11) is 0. The lowest BCUT2D eigenvalue weighted by molar-refractivity contribution is 0.147. The maximum Gasteiger partial charge on any atom is 0.426 e. The molecule has 4 heteroatoms. The first-order valence-corrected chi connectivity index (χ1v) is 3.51. The Bertz CT molecular complexity index is 248. The molecule has 0 heterocycles. The molecule has 0 saturated carbocycles. The number of rotatable bonds is 2. The van der Waals surface area contributed by atoms with Gasteiger partial charge >= 0.3 is 6.09 Å². The fraction of sp³-hybridized carbons (Fsp3) is 0.125. The normalized spacial score (nSPS) is 9.08. The van der Waals surface area contributed by atoms with Crippen LogP contribution in [0.25, 0.3) is 0 Å². The van der Waals surface area contributed by atoms with Crippen LogP contribution in [0, 0.1) is 0 Å². The van der Waals surface area contributed by atoms with Crippen molar-refractivity contribution in [2.24, 2.45) is 5.90 Å². The fourth-order valence-electron chi connectivity index (χ4n) is 0.812. The lowest BCUT2D eigenvalue weighted by atomic mass is 10.2. The van der Waals surface area contributed by atoms with Gasteiger partial charge < -0.3 is 10.2 Å². The minimum Gasteiger partial charge on any atom is -0.357 e. The van der Waals surface area contributed by atoms with E-state index in [1.54, 1.807) is 0 Å². The number of nitrogens with two attached hydrogens (primary N) is 1. The highest BCUT2D eigenvalue weighted by molar-refractivity contribution is 5.66. The fourth-order valence-corrected chi connectivity index (χ4v) is 0.812. The van der Waals surface area contributed by atoms with Crippen molar-refractivity contribution in [1.82, 2.24) is 5.32 Å². The molecule has 1 aromatic carbocycles. The lowest BCUT2D eigenvalue weighted by Crippen LogP contribution is -2.26. The van der Waals surface area contributed by atoms with Crippen LogP contribution in [0.1, 0.15) is 5.56 Å². The summed E-state index contributed by atoms with van der Waals surface area (Å²) >= 11 is 0. The molecule has 0 spiro atoms. The van der Waals surface area contributed by atoms with Gasteiger partial charge in [0.05, 0.1) is 0 Å². The van der Waals surface area contributed by atoms with Crippen LogP contribution in [0.5, 0.6) is 0 Å². The van der Waals surface area contributed by atoms with Gasteiger partial charge in [0.25, 0.3) is 0 Å². The van der Waals surface area contributed by atoms with Crippen molar-refractivity contribution in [2.45, 2.75) is 6.54 Å². The molecule has 0 bridgehead atoms. The summed E-state index contributed by atoms with van der Waals surface area (Å²) in [5.74, 6) is 4.62. The quantitative estimate of drug-likeness (QED) is 0.638. The predicted octanol–water partition coefficient (Wildman–Crippen LogP) is 0.786. The minimum absolute atomic E-state index is 0.427. The standard InChI is InChI=1S/C8H10N2O2/c9-12-8(11)10-6-7-4-2-1-3-5-7/h1-5H,6,9H2,(H,10,11). The summed E-state index contributed by atoms with van der Waals surface area (Å²) < 4.78 is 0. The Kier molecular flexibility index (Phi) is 3.10. The van der Waals surface area contributed by atoms with Gasteiger partial charge in [-0.1, -0.05) is 30.3 Å². The second-order valence-corrected chi connectivity index (χ2v) is 2.24. The van der Waals surface area contributed by atoms with Gasteiger partial charge in [0.15, 0.2) is 0 Å². The molecule has 0 aliphatic carbocycles. The van der Waals surface area contributed by atoms with Gasteiger partial charge in [-0.15, -0.1) is 0 Å². The summed E-state index contributed by atoms with van der Waals surface area (Å²) in [6, 6.07) is 9.49. The molecular weight excluding hydrogens is 156 g/mol. The molecule has 1 amide bonds. The van der Waals surface area contributed by atoms with E-state index < -0.39 is 6.09 Å². The molecule has 1 aromatic rings. The van der Waals surface area contributed by atoms with Crippen molar-refractivity contribution >= 4 is 6.09 Å². The Labute approximate surface area is 70.3 Å². The van der Waals surface area contributed by atoms with Gasteiger partial charge in [0.2, 0.25) is 0 Å². The van der Waals surface area contributed by atoms with E-state index in [1.165, 1.54) is 0 Å². The summed E-state index contributed by atoms with van der Waals surface area (Å²) in [6.07, 6.45) is -0.626. The lowest BCUT2D eigenvalue weighted by Gasteiger charge is -2.01. The van der Waals surface area contributed by atoms with E-state index in [1.807, 2.05) is 30.3 Å². The van der Waals surface area contributed by atoms with Crippen molar-refractivity contribution in [1.29, 1.82) is 0 Å². The summed E-state index contributed by atoms with van der Waals surface area (Å²) in [5, 5.41) is 2.46. The maximum absolute atomic E-state index is 10.5. The predicted molar refractivity (Wildman–Crippen MR) is 44.0 cm³/mol. The van der Waals surface area contributed by atoms with Crippen LogP contribution >= 0.6 is 0 Å². The number of hydrogen-bond acceptors (Lipinski definition) is 3. The van der Waals surface area contributed by atoms with Gasteiger partial charge in [-0.2, -0.15) is 5.90 Å². The third-order valence-electron chi connectivity index (χ3n) is 1.39. The average Bonchev–Trinajstić information content (AvgIpc) is 2.16. The van der Waals surface area contributed by atoms with Crippen LogP contribution in [0.15, 0.2) is 30.3 Å². The Morgan fingerprint density at radius 2 is 2.08 bits per heavy atom. The second-order valence-electron chi connectivity index (χ2n) is 2.24. The van der Waals surface area contributed by atoms with Gasteiger partial charge in [0.1, 0.15) is 0 Å². The van der Waals surface area contributed by atoms with E-state index in [-0.39, 0.29) is 0 Å². The molecule has 0 aliphatic heterocycles. The molecule has 0 fully saturated rings. The second kappa shape index (κ2) is 4.35. The topological polar surface area (TPSA) is 64.3 Å². The smallest absolute Gasteiger partial charge is 0.357 e. The van der Waals surface area contributed by atoms with E-state index in [0.717, 1.165) is 5.56 Å². The first-order chi connectivity index (χ1) is 5.83. The SMILES string of the molecule is NOC(=O)NCc1ccccc1. The number of nitrogens with one attached hydrogen (secondary N) is 1. The number of carbonyl (C=O) groups excluding carboxylic acids is 1. The van der Waals surface area contributed by atoms with Crippen LogP contribution in [0.3, 0.4) is 0 Å². The summed E-state index contributed by atoms with van der Waals surface area (Å²) in [5.41, 5.74) is 1.00. The highest BCUT2D eigenvalue weighted by Crippen LogP contribution is 1.96. The Morgan fingerprint density at radius 1 is 1.42 bits per heavy atom. The van der Waals surface area contributed by atoms with E-state index in [4.69, 9.17) is 0 Å². The molecule has 0 radical (unpaired) electrons. The first kappa shape index (κ1) is 8.55. The Morgan fingerprint density at radius 3 is 2.67 bits per heavy atom. The average molecular weight is 166 g/mol. The van der Waals surface area contributed by atoms with Crippen LogP contribution in [-0.4, -0.2) is 6.09 Å². The van der Waals surface area contributed by atoms with Gasteiger partial charge in [-0.25, -0.2) is 4.79 Å². The van der Waals surface area contributed by atoms with Crippen molar-refractivity contribution in [3.8, 4) is 0 Å². The van der Waals surface area contributed by atoms with E-state index in [9.17, 15) is 4.79 Å². The van der Waals surface area contributed by atoms with Gasteiger partial charge in [-0.05, 0) is 5.56 Å². The van der Waals surface area contributed by atoms with Crippen molar-refractivity contribution in [3.05, 3.63) is 35.9 Å². The van der Waals surface area contributed by atoms with Gasteiger partial charge in [-0.3, -0.25) is 0 Å². The molecular formula is C8H10N2O2. The Balaban J connectivity index is 2.38. The molecule has 0 saturated heterocycles. The number of benzene rings is 1. The molecule has 3 N–H and O–H groups in total. The molecule has 0 unspecified atom stereocenters. The van der Waals surface area contributed by atoms with Crippen molar-refractivity contribution in [3.63, 3.8) is 0 Å². The molecule has 0 aromatic heterocycles. The van der Waals surface area contributed by atoms with Crippen LogP contribution in [0.2, 0.25) is 0 Å².